The van der Waals surface area contributed by atoms with Crippen LogP contribution in [0.25, 0.3) is 0 Å². The first-order valence-electron chi connectivity index (χ1n) is 3.39. The van der Waals surface area contributed by atoms with Crippen molar-refractivity contribution >= 4 is 6.41 Å². The van der Waals surface area contributed by atoms with E-state index in [9.17, 15) is 4.79 Å². The second-order valence-electron chi connectivity index (χ2n) is 2.49. The van der Waals surface area contributed by atoms with Crippen molar-refractivity contribution in [1.82, 2.24) is 10.6 Å². The summed E-state index contributed by atoms with van der Waals surface area (Å²) < 4.78 is 0. The van der Waals surface area contributed by atoms with Crippen molar-refractivity contribution in [3.05, 3.63) is 0 Å². The molecule has 0 spiro atoms. The van der Waals surface area contributed by atoms with Crippen LogP contribution in [0.15, 0.2) is 0 Å². The number of hydrogen-bond donors (Lipinski definition) is 3. The number of rotatable bonds is 3. The van der Waals surface area contributed by atoms with E-state index in [0.717, 1.165) is 13.1 Å². The number of amides is 1. The van der Waals surface area contributed by atoms with Crippen LogP contribution in [0.4, 0.5) is 0 Å². The SMILES string of the molecule is O=CNC1CNCC1CO. The van der Waals surface area contributed by atoms with Gasteiger partial charge in [0.15, 0.2) is 0 Å². The molecule has 0 bridgehead atoms. The lowest BCUT2D eigenvalue weighted by molar-refractivity contribution is -0.110. The first kappa shape index (κ1) is 7.50. The van der Waals surface area contributed by atoms with Crippen LogP contribution in [0.2, 0.25) is 0 Å². The minimum absolute atomic E-state index is 0.113. The van der Waals surface area contributed by atoms with Crippen LogP contribution < -0.4 is 10.6 Å². The lowest BCUT2D eigenvalue weighted by atomic mass is 10.1. The number of nitrogens with one attached hydrogen (secondary N) is 2. The molecule has 0 saturated carbocycles. The zero-order chi connectivity index (χ0) is 7.40. The number of aliphatic hydroxyl groups excluding tert-OH is 1. The quantitative estimate of drug-likeness (QED) is 0.414. The molecule has 1 heterocycles. The van der Waals surface area contributed by atoms with E-state index in [1.807, 2.05) is 0 Å². The largest absolute Gasteiger partial charge is 0.396 e. The molecule has 0 aromatic rings. The summed E-state index contributed by atoms with van der Waals surface area (Å²) in [7, 11) is 0. The first-order chi connectivity index (χ1) is 4.88. The molecule has 1 fully saturated rings. The molecular formula is C6H12N2O2. The third kappa shape index (κ3) is 1.46. The van der Waals surface area contributed by atoms with Crippen LogP contribution in [-0.4, -0.2) is 37.3 Å². The maximum Gasteiger partial charge on any atom is 0.207 e. The van der Waals surface area contributed by atoms with Gasteiger partial charge >= 0.3 is 0 Å². The Morgan fingerprint density at radius 3 is 3.10 bits per heavy atom. The molecule has 4 nitrogen and oxygen atoms in total. The fourth-order valence-corrected chi connectivity index (χ4v) is 1.21. The Bertz CT molecular complexity index is 118. The fraction of sp³-hybridized carbons (Fsp3) is 0.833. The number of aliphatic hydroxyl groups is 1. The average Bonchev–Trinajstić information content (AvgIpc) is 2.36. The van der Waals surface area contributed by atoms with Crippen LogP contribution in [0, 0.1) is 5.92 Å². The summed E-state index contributed by atoms with van der Waals surface area (Å²) in [6.45, 7) is 1.70. The van der Waals surface area contributed by atoms with Gasteiger partial charge in [0.1, 0.15) is 0 Å². The highest BCUT2D eigenvalue weighted by Crippen LogP contribution is 2.06. The van der Waals surface area contributed by atoms with E-state index in [4.69, 9.17) is 5.11 Å². The highest BCUT2D eigenvalue weighted by molar-refractivity contribution is 5.47. The van der Waals surface area contributed by atoms with Gasteiger partial charge in [0.05, 0.1) is 0 Å². The monoisotopic (exact) mass is 144 g/mol. The molecule has 2 unspecified atom stereocenters. The maximum atomic E-state index is 10.0. The van der Waals surface area contributed by atoms with Gasteiger partial charge in [-0.3, -0.25) is 4.79 Å². The lowest BCUT2D eigenvalue weighted by Crippen LogP contribution is -2.36. The smallest absolute Gasteiger partial charge is 0.207 e. The fourth-order valence-electron chi connectivity index (χ4n) is 1.21. The van der Waals surface area contributed by atoms with Crippen LogP contribution in [-0.2, 0) is 4.79 Å². The number of carbonyl (C=O) groups excluding carboxylic acids is 1. The Hall–Kier alpha value is -0.610. The van der Waals surface area contributed by atoms with E-state index in [1.165, 1.54) is 0 Å². The topological polar surface area (TPSA) is 61.4 Å². The minimum Gasteiger partial charge on any atom is -0.396 e. The Labute approximate surface area is 59.6 Å². The average molecular weight is 144 g/mol. The van der Waals surface area contributed by atoms with Gasteiger partial charge in [0, 0.05) is 31.7 Å². The Balaban J connectivity index is 2.34. The van der Waals surface area contributed by atoms with Crippen molar-refractivity contribution in [3.63, 3.8) is 0 Å². The van der Waals surface area contributed by atoms with Gasteiger partial charge in [-0.05, 0) is 0 Å². The van der Waals surface area contributed by atoms with Gasteiger partial charge in [-0.25, -0.2) is 0 Å². The molecule has 1 rings (SSSR count). The maximum absolute atomic E-state index is 10.0. The molecule has 0 aromatic carbocycles. The van der Waals surface area contributed by atoms with Crippen molar-refractivity contribution < 1.29 is 9.90 Å². The first-order valence-corrected chi connectivity index (χ1v) is 3.39. The zero-order valence-electron chi connectivity index (χ0n) is 5.71. The molecule has 58 valence electrons. The van der Waals surface area contributed by atoms with E-state index in [1.54, 1.807) is 0 Å². The second kappa shape index (κ2) is 3.53. The van der Waals surface area contributed by atoms with Gasteiger partial charge in [-0.2, -0.15) is 0 Å². The molecule has 4 heteroatoms. The summed E-state index contributed by atoms with van der Waals surface area (Å²) in [5, 5.41) is 14.5. The zero-order valence-corrected chi connectivity index (χ0v) is 5.71. The molecule has 1 aliphatic heterocycles. The van der Waals surface area contributed by atoms with Crippen LogP contribution in [0.1, 0.15) is 0 Å². The van der Waals surface area contributed by atoms with Crippen molar-refractivity contribution in [1.29, 1.82) is 0 Å². The lowest BCUT2D eigenvalue weighted by Gasteiger charge is -2.13. The predicted molar refractivity (Wildman–Crippen MR) is 36.4 cm³/mol. The molecule has 0 aromatic heterocycles. The highest BCUT2D eigenvalue weighted by Gasteiger charge is 2.25. The molecule has 1 saturated heterocycles. The summed E-state index contributed by atoms with van der Waals surface area (Å²) in [5.74, 6) is 0.185. The van der Waals surface area contributed by atoms with Gasteiger partial charge in [0.2, 0.25) is 6.41 Å². The summed E-state index contributed by atoms with van der Waals surface area (Å²) in [6, 6.07) is 0.113. The van der Waals surface area contributed by atoms with E-state index >= 15 is 0 Å². The Morgan fingerprint density at radius 1 is 1.70 bits per heavy atom. The van der Waals surface area contributed by atoms with E-state index in [2.05, 4.69) is 10.6 Å². The summed E-state index contributed by atoms with van der Waals surface area (Å²) in [6.07, 6.45) is 0.681. The third-order valence-electron chi connectivity index (χ3n) is 1.86. The van der Waals surface area contributed by atoms with E-state index < -0.39 is 0 Å². The molecule has 10 heavy (non-hydrogen) atoms. The summed E-state index contributed by atoms with van der Waals surface area (Å²) >= 11 is 0. The number of carbonyl (C=O) groups is 1. The van der Waals surface area contributed by atoms with Crippen molar-refractivity contribution in [2.75, 3.05) is 19.7 Å². The summed E-state index contributed by atoms with van der Waals surface area (Å²) in [5.41, 5.74) is 0. The normalized spacial score (nSPS) is 32.1. The highest BCUT2D eigenvalue weighted by atomic mass is 16.3. The van der Waals surface area contributed by atoms with Gasteiger partial charge in [-0.1, -0.05) is 0 Å². The Morgan fingerprint density at radius 2 is 2.50 bits per heavy atom. The van der Waals surface area contributed by atoms with Crippen molar-refractivity contribution in [2.45, 2.75) is 6.04 Å². The predicted octanol–water partition coefficient (Wildman–Crippen LogP) is -1.69. The van der Waals surface area contributed by atoms with Gasteiger partial charge in [-0.15, -0.1) is 0 Å². The minimum atomic E-state index is 0.113. The van der Waals surface area contributed by atoms with Crippen LogP contribution in [0.5, 0.6) is 0 Å². The Kier molecular flexibility index (Phi) is 2.65. The van der Waals surface area contributed by atoms with Crippen LogP contribution >= 0.6 is 0 Å². The molecular weight excluding hydrogens is 132 g/mol. The molecule has 0 radical (unpaired) electrons. The molecule has 1 amide bonds. The molecule has 0 aliphatic carbocycles. The molecule has 2 atom stereocenters. The molecule has 3 N–H and O–H groups in total. The third-order valence-corrected chi connectivity index (χ3v) is 1.86. The van der Waals surface area contributed by atoms with Crippen molar-refractivity contribution in [3.8, 4) is 0 Å². The van der Waals surface area contributed by atoms with Gasteiger partial charge in [0.25, 0.3) is 0 Å². The summed E-state index contributed by atoms with van der Waals surface area (Å²) in [4.78, 5) is 10.0. The standard InChI is InChI=1S/C6H12N2O2/c9-3-5-1-7-2-6(5)8-4-10/h4-7,9H,1-3H2,(H,8,10). The number of hydrogen-bond acceptors (Lipinski definition) is 3. The van der Waals surface area contributed by atoms with E-state index in [-0.39, 0.29) is 18.6 Å². The van der Waals surface area contributed by atoms with Crippen molar-refractivity contribution in [2.24, 2.45) is 5.92 Å². The van der Waals surface area contributed by atoms with Crippen LogP contribution in [0.3, 0.4) is 0 Å². The van der Waals surface area contributed by atoms with Gasteiger partial charge < -0.3 is 15.7 Å². The second-order valence-corrected chi connectivity index (χ2v) is 2.49. The molecule has 1 aliphatic rings. The van der Waals surface area contributed by atoms with E-state index in [0.29, 0.717) is 6.41 Å².